The third-order valence-corrected chi connectivity index (χ3v) is 3.44. The van der Waals surface area contributed by atoms with Crippen molar-refractivity contribution in [1.29, 1.82) is 0 Å². The molecule has 0 saturated carbocycles. The molecule has 0 heterocycles. The second-order valence-electron chi connectivity index (χ2n) is 4.75. The van der Waals surface area contributed by atoms with Gasteiger partial charge in [-0.05, 0) is 43.2 Å². The summed E-state index contributed by atoms with van der Waals surface area (Å²) in [5, 5.41) is 0. The Hall–Kier alpha value is -1.32. The molecular formula is C16H18BrNO. The average molecular weight is 320 g/mol. The fourth-order valence-corrected chi connectivity index (χ4v) is 2.38. The number of aryl methyl sites for hydroxylation is 1. The Morgan fingerprint density at radius 2 is 2.00 bits per heavy atom. The van der Waals surface area contributed by atoms with Crippen molar-refractivity contribution in [3.05, 3.63) is 63.6 Å². The van der Waals surface area contributed by atoms with Crippen LogP contribution in [0, 0.1) is 6.92 Å². The van der Waals surface area contributed by atoms with Crippen LogP contribution in [-0.2, 0) is 6.61 Å². The lowest BCUT2D eigenvalue weighted by Gasteiger charge is -2.15. The molecule has 0 aliphatic rings. The topological polar surface area (TPSA) is 35.2 Å². The molecule has 0 radical (unpaired) electrons. The van der Waals surface area contributed by atoms with Crippen molar-refractivity contribution in [2.75, 3.05) is 0 Å². The van der Waals surface area contributed by atoms with Gasteiger partial charge in [-0.1, -0.05) is 40.2 Å². The Morgan fingerprint density at radius 3 is 2.68 bits per heavy atom. The summed E-state index contributed by atoms with van der Waals surface area (Å²) < 4.78 is 6.98. The summed E-state index contributed by atoms with van der Waals surface area (Å²) in [5.74, 6) is 0.870. The molecule has 2 rings (SSSR count). The standard InChI is InChI=1S/C16H18BrNO/c1-11-6-7-15(12(2)18)16(8-11)19-10-13-4-3-5-14(17)9-13/h3-9,12H,10,18H2,1-2H3/t12-/m1/s1. The van der Waals surface area contributed by atoms with Crippen molar-refractivity contribution in [1.82, 2.24) is 0 Å². The molecule has 0 aromatic heterocycles. The normalized spacial score (nSPS) is 12.2. The van der Waals surface area contributed by atoms with Gasteiger partial charge in [-0.25, -0.2) is 0 Å². The molecule has 0 unspecified atom stereocenters. The minimum absolute atomic E-state index is 0.0295. The van der Waals surface area contributed by atoms with Crippen LogP contribution < -0.4 is 10.5 Å². The van der Waals surface area contributed by atoms with E-state index < -0.39 is 0 Å². The lowest BCUT2D eigenvalue weighted by atomic mass is 10.1. The Labute approximate surface area is 122 Å². The van der Waals surface area contributed by atoms with Gasteiger partial charge >= 0.3 is 0 Å². The fourth-order valence-electron chi connectivity index (χ4n) is 1.93. The van der Waals surface area contributed by atoms with Crippen LogP contribution in [0.25, 0.3) is 0 Å². The fraction of sp³-hybridized carbons (Fsp3) is 0.250. The average Bonchev–Trinajstić information content (AvgIpc) is 2.36. The lowest BCUT2D eigenvalue weighted by molar-refractivity contribution is 0.301. The van der Waals surface area contributed by atoms with E-state index >= 15 is 0 Å². The smallest absolute Gasteiger partial charge is 0.124 e. The highest BCUT2D eigenvalue weighted by atomic mass is 79.9. The summed E-state index contributed by atoms with van der Waals surface area (Å²) in [6.45, 7) is 4.57. The van der Waals surface area contributed by atoms with Gasteiger partial charge in [0.1, 0.15) is 12.4 Å². The predicted octanol–water partition coefficient (Wildman–Crippen LogP) is 4.36. The number of rotatable bonds is 4. The Kier molecular flexibility index (Phi) is 4.61. The third-order valence-electron chi connectivity index (χ3n) is 2.94. The SMILES string of the molecule is Cc1ccc([C@@H](C)N)c(OCc2cccc(Br)c2)c1. The van der Waals surface area contributed by atoms with Crippen molar-refractivity contribution >= 4 is 15.9 Å². The van der Waals surface area contributed by atoms with Gasteiger partial charge in [-0.3, -0.25) is 0 Å². The summed E-state index contributed by atoms with van der Waals surface area (Å²) >= 11 is 3.46. The van der Waals surface area contributed by atoms with Gasteiger partial charge in [-0.2, -0.15) is 0 Å². The second-order valence-corrected chi connectivity index (χ2v) is 5.66. The number of hydrogen-bond acceptors (Lipinski definition) is 2. The minimum Gasteiger partial charge on any atom is -0.489 e. The van der Waals surface area contributed by atoms with Crippen LogP contribution in [-0.4, -0.2) is 0 Å². The predicted molar refractivity (Wildman–Crippen MR) is 82.3 cm³/mol. The molecule has 0 saturated heterocycles. The van der Waals surface area contributed by atoms with Gasteiger partial charge in [0.2, 0.25) is 0 Å². The van der Waals surface area contributed by atoms with Gasteiger partial charge in [0.05, 0.1) is 0 Å². The van der Waals surface area contributed by atoms with Crippen molar-refractivity contribution < 1.29 is 4.74 Å². The van der Waals surface area contributed by atoms with E-state index in [0.29, 0.717) is 6.61 Å². The highest BCUT2D eigenvalue weighted by molar-refractivity contribution is 9.10. The molecule has 0 bridgehead atoms. The summed E-state index contributed by atoms with van der Waals surface area (Å²) in [6, 6.07) is 14.2. The van der Waals surface area contributed by atoms with Crippen LogP contribution in [0.15, 0.2) is 46.9 Å². The van der Waals surface area contributed by atoms with Crippen molar-refractivity contribution in [3.8, 4) is 5.75 Å². The summed E-state index contributed by atoms with van der Waals surface area (Å²) in [6.07, 6.45) is 0. The van der Waals surface area contributed by atoms with Crippen molar-refractivity contribution in [2.24, 2.45) is 5.73 Å². The van der Waals surface area contributed by atoms with E-state index in [-0.39, 0.29) is 6.04 Å². The van der Waals surface area contributed by atoms with E-state index in [1.54, 1.807) is 0 Å². The number of benzene rings is 2. The van der Waals surface area contributed by atoms with Crippen LogP contribution >= 0.6 is 15.9 Å². The van der Waals surface area contributed by atoms with E-state index in [1.165, 1.54) is 5.56 Å². The first-order chi connectivity index (χ1) is 9.06. The van der Waals surface area contributed by atoms with E-state index in [9.17, 15) is 0 Å². The van der Waals surface area contributed by atoms with Gasteiger partial charge in [-0.15, -0.1) is 0 Å². The quantitative estimate of drug-likeness (QED) is 0.908. The molecule has 19 heavy (non-hydrogen) atoms. The summed E-state index contributed by atoms with van der Waals surface area (Å²) in [5.41, 5.74) is 9.32. The highest BCUT2D eigenvalue weighted by Crippen LogP contribution is 2.26. The molecule has 1 atom stereocenters. The molecule has 0 aliphatic heterocycles. The summed E-state index contributed by atoms with van der Waals surface area (Å²) in [4.78, 5) is 0. The molecule has 0 aliphatic carbocycles. The molecule has 2 aromatic carbocycles. The first kappa shape index (κ1) is 14.1. The van der Waals surface area contributed by atoms with Crippen LogP contribution in [0.2, 0.25) is 0 Å². The first-order valence-corrected chi connectivity index (χ1v) is 7.09. The number of hydrogen-bond donors (Lipinski definition) is 1. The summed E-state index contributed by atoms with van der Waals surface area (Å²) in [7, 11) is 0. The van der Waals surface area contributed by atoms with Crippen molar-refractivity contribution in [3.63, 3.8) is 0 Å². The maximum Gasteiger partial charge on any atom is 0.124 e. The van der Waals surface area contributed by atoms with Gasteiger partial charge in [0.25, 0.3) is 0 Å². The van der Waals surface area contributed by atoms with Gasteiger partial charge in [0, 0.05) is 16.1 Å². The maximum absolute atomic E-state index is 5.97. The molecule has 0 spiro atoms. The molecule has 100 valence electrons. The van der Waals surface area contributed by atoms with E-state index in [4.69, 9.17) is 10.5 Å². The Morgan fingerprint density at radius 1 is 1.21 bits per heavy atom. The maximum atomic E-state index is 5.97. The number of halogens is 1. The molecule has 0 fully saturated rings. The monoisotopic (exact) mass is 319 g/mol. The molecule has 2 N–H and O–H groups in total. The van der Waals surface area contributed by atoms with Gasteiger partial charge < -0.3 is 10.5 Å². The van der Waals surface area contributed by atoms with Crippen molar-refractivity contribution in [2.45, 2.75) is 26.5 Å². The lowest BCUT2D eigenvalue weighted by Crippen LogP contribution is -2.08. The van der Waals surface area contributed by atoms with Crippen LogP contribution in [0.1, 0.15) is 29.7 Å². The van der Waals surface area contributed by atoms with Gasteiger partial charge in [0.15, 0.2) is 0 Å². The van der Waals surface area contributed by atoms with Crippen LogP contribution in [0.4, 0.5) is 0 Å². The minimum atomic E-state index is -0.0295. The molecule has 2 nitrogen and oxygen atoms in total. The van der Waals surface area contributed by atoms with E-state index in [0.717, 1.165) is 21.3 Å². The Balaban J connectivity index is 2.17. The van der Waals surface area contributed by atoms with Crippen LogP contribution in [0.3, 0.4) is 0 Å². The van der Waals surface area contributed by atoms with Crippen LogP contribution in [0.5, 0.6) is 5.75 Å². The molecular weight excluding hydrogens is 302 g/mol. The zero-order valence-electron chi connectivity index (χ0n) is 11.2. The zero-order valence-corrected chi connectivity index (χ0v) is 12.8. The number of ether oxygens (including phenoxy) is 1. The number of nitrogens with two attached hydrogens (primary N) is 1. The highest BCUT2D eigenvalue weighted by Gasteiger charge is 2.08. The van der Waals surface area contributed by atoms with E-state index in [2.05, 4.69) is 35.0 Å². The zero-order chi connectivity index (χ0) is 13.8. The second kappa shape index (κ2) is 6.22. The first-order valence-electron chi connectivity index (χ1n) is 6.29. The molecule has 0 amide bonds. The van der Waals surface area contributed by atoms with E-state index in [1.807, 2.05) is 37.3 Å². The largest absolute Gasteiger partial charge is 0.489 e. The molecule has 2 aromatic rings. The Bertz CT molecular complexity index is 566. The third kappa shape index (κ3) is 3.82. The molecule has 3 heteroatoms.